The fourth-order valence-corrected chi connectivity index (χ4v) is 3.24. The van der Waals surface area contributed by atoms with Crippen LogP contribution >= 0.6 is 11.8 Å². The van der Waals surface area contributed by atoms with Crippen LogP contribution < -0.4 is 10.2 Å². The molecule has 0 spiro atoms. The molecule has 1 atom stereocenters. The average molecular weight is 254 g/mol. The summed E-state index contributed by atoms with van der Waals surface area (Å²) in [7, 11) is 0. The van der Waals surface area contributed by atoms with Crippen molar-refractivity contribution in [3.63, 3.8) is 0 Å². The van der Waals surface area contributed by atoms with Gasteiger partial charge in [-0.3, -0.25) is 0 Å². The molecule has 2 saturated heterocycles. The topological polar surface area (TPSA) is 54.2 Å². The van der Waals surface area contributed by atoms with Crippen molar-refractivity contribution in [2.24, 2.45) is 0 Å². The Bertz CT molecular complexity index is 326. The molecule has 3 heterocycles. The van der Waals surface area contributed by atoms with Crippen molar-refractivity contribution in [2.75, 3.05) is 36.0 Å². The Hall–Kier alpha value is -0.750. The molecule has 6 heteroatoms. The quantitative estimate of drug-likeness (QED) is 0.862. The monoisotopic (exact) mass is 254 g/mol. The van der Waals surface area contributed by atoms with Crippen molar-refractivity contribution < 1.29 is 4.52 Å². The molecule has 1 aromatic rings. The maximum atomic E-state index is 5.38. The SMILES string of the molecule is C1CCN(c2noc(C3CSCCN3)n2)CC1. The van der Waals surface area contributed by atoms with Gasteiger partial charge in [-0.15, -0.1) is 0 Å². The second-order valence-electron chi connectivity index (χ2n) is 4.56. The number of piperidine rings is 1. The molecule has 1 aromatic heterocycles. The Labute approximate surface area is 105 Å². The molecule has 94 valence electrons. The van der Waals surface area contributed by atoms with Crippen molar-refractivity contribution >= 4 is 17.7 Å². The lowest BCUT2D eigenvalue weighted by Gasteiger charge is -2.24. The third-order valence-electron chi connectivity index (χ3n) is 3.29. The molecular formula is C11H18N4OS. The lowest BCUT2D eigenvalue weighted by molar-refractivity contribution is 0.341. The van der Waals surface area contributed by atoms with Crippen LogP contribution in [0.2, 0.25) is 0 Å². The fourth-order valence-electron chi connectivity index (χ4n) is 2.31. The number of aromatic nitrogens is 2. The summed E-state index contributed by atoms with van der Waals surface area (Å²) in [5, 5.41) is 7.52. The first-order valence-electron chi connectivity index (χ1n) is 6.33. The summed E-state index contributed by atoms with van der Waals surface area (Å²) in [5.74, 6) is 3.72. The highest BCUT2D eigenvalue weighted by molar-refractivity contribution is 7.99. The number of hydrogen-bond donors (Lipinski definition) is 1. The molecule has 1 N–H and O–H groups in total. The predicted octanol–water partition coefficient (Wildman–Crippen LogP) is 1.44. The van der Waals surface area contributed by atoms with Gasteiger partial charge in [-0.1, -0.05) is 0 Å². The van der Waals surface area contributed by atoms with Gasteiger partial charge in [0, 0.05) is 31.1 Å². The highest BCUT2D eigenvalue weighted by Crippen LogP contribution is 2.23. The van der Waals surface area contributed by atoms with E-state index in [9.17, 15) is 0 Å². The number of thioether (sulfide) groups is 1. The largest absolute Gasteiger partial charge is 0.338 e. The second kappa shape index (κ2) is 5.27. The number of anilines is 1. The smallest absolute Gasteiger partial charge is 0.266 e. The highest BCUT2D eigenvalue weighted by atomic mass is 32.2. The lowest BCUT2D eigenvalue weighted by Crippen LogP contribution is -2.31. The Morgan fingerprint density at radius 3 is 2.94 bits per heavy atom. The molecular weight excluding hydrogens is 236 g/mol. The molecule has 0 aromatic carbocycles. The molecule has 3 rings (SSSR count). The predicted molar refractivity (Wildman–Crippen MR) is 68.4 cm³/mol. The van der Waals surface area contributed by atoms with E-state index in [1.807, 2.05) is 11.8 Å². The molecule has 2 fully saturated rings. The number of hydrogen-bond acceptors (Lipinski definition) is 6. The van der Waals surface area contributed by atoms with E-state index in [0.717, 1.165) is 37.2 Å². The summed E-state index contributed by atoms with van der Waals surface area (Å²) in [4.78, 5) is 6.76. The lowest BCUT2D eigenvalue weighted by atomic mass is 10.1. The van der Waals surface area contributed by atoms with Crippen molar-refractivity contribution in [1.82, 2.24) is 15.5 Å². The minimum atomic E-state index is 0.236. The van der Waals surface area contributed by atoms with Crippen molar-refractivity contribution in [3.8, 4) is 0 Å². The Kier molecular flexibility index (Phi) is 3.51. The van der Waals surface area contributed by atoms with Crippen molar-refractivity contribution in [2.45, 2.75) is 25.3 Å². The zero-order valence-corrected chi connectivity index (χ0v) is 10.7. The van der Waals surface area contributed by atoms with E-state index >= 15 is 0 Å². The third kappa shape index (κ3) is 2.57. The van der Waals surface area contributed by atoms with Crippen LogP contribution in [0, 0.1) is 0 Å². The molecule has 17 heavy (non-hydrogen) atoms. The van der Waals surface area contributed by atoms with Gasteiger partial charge in [0.05, 0.1) is 6.04 Å². The van der Waals surface area contributed by atoms with E-state index in [0.29, 0.717) is 0 Å². The molecule has 0 amide bonds. The van der Waals surface area contributed by atoms with Gasteiger partial charge in [0.25, 0.3) is 5.95 Å². The summed E-state index contributed by atoms with van der Waals surface area (Å²) in [6.45, 7) is 3.15. The maximum Gasteiger partial charge on any atom is 0.266 e. The van der Waals surface area contributed by atoms with Crippen LogP contribution in [-0.2, 0) is 0 Å². The van der Waals surface area contributed by atoms with Crippen LogP contribution in [0.15, 0.2) is 4.52 Å². The molecule has 0 saturated carbocycles. The van der Waals surface area contributed by atoms with E-state index in [1.165, 1.54) is 25.0 Å². The zero-order chi connectivity index (χ0) is 11.5. The first-order valence-corrected chi connectivity index (χ1v) is 7.48. The van der Waals surface area contributed by atoms with Crippen LogP contribution in [-0.4, -0.2) is 41.3 Å². The summed E-state index contributed by atoms with van der Waals surface area (Å²) >= 11 is 1.94. The Morgan fingerprint density at radius 2 is 2.18 bits per heavy atom. The van der Waals surface area contributed by atoms with Crippen molar-refractivity contribution in [3.05, 3.63) is 5.89 Å². The maximum absolute atomic E-state index is 5.38. The molecule has 2 aliphatic heterocycles. The zero-order valence-electron chi connectivity index (χ0n) is 9.89. The molecule has 1 unspecified atom stereocenters. The van der Waals surface area contributed by atoms with Gasteiger partial charge >= 0.3 is 0 Å². The number of nitrogens with zero attached hydrogens (tertiary/aromatic N) is 3. The normalized spacial score (nSPS) is 26.1. The Morgan fingerprint density at radius 1 is 1.29 bits per heavy atom. The van der Waals surface area contributed by atoms with Gasteiger partial charge in [0.1, 0.15) is 0 Å². The van der Waals surface area contributed by atoms with E-state index in [1.54, 1.807) is 0 Å². The minimum Gasteiger partial charge on any atom is -0.338 e. The van der Waals surface area contributed by atoms with Gasteiger partial charge in [0.2, 0.25) is 5.89 Å². The first kappa shape index (κ1) is 11.3. The molecule has 0 bridgehead atoms. The van der Waals surface area contributed by atoms with Crippen LogP contribution in [0.25, 0.3) is 0 Å². The van der Waals surface area contributed by atoms with Gasteiger partial charge < -0.3 is 14.7 Å². The van der Waals surface area contributed by atoms with E-state index in [4.69, 9.17) is 4.52 Å². The van der Waals surface area contributed by atoms with Crippen LogP contribution in [0.1, 0.15) is 31.2 Å². The van der Waals surface area contributed by atoms with Crippen molar-refractivity contribution in [1.29, 1.82) is 0 Å². The standard InChI is InChI=1S/C11H18N4OS/c1-2-5-15(6-3-1)11-13-10(16-14-11)9-8-17-7-4-12-9/h9,12H,1-8H2. The summed E-state index contributed by atoms with van der Waals surface area (Å²) < 4.78 is 5.38. The van der Waals surface area contributed by atoms with Crippen LogP contribution in [0.5, 0.6) is 0 Å². The second-order valence-corrected chi connectivity index (χ2v) is 5.71. The first-order chi connectivity index (χ1) is 8.43. The summed E-state index contributed by atoms with van der Waals surface area (Å²) in [6.07, 6.45) is 3.80. The van der Waals surface area contributed by atoms with Gasteiger partial charge in [-0.05, 0) is 24.4 Å². The van der Waals surface area contributed by atoms with Gasteiger partial charge in [-0.2, -0.15) is 16.7 Å². The van der Waals surface area contributed by atoms with Gasteiger partial charge in [-0.25, -0.2) is 0 Å². The molecule has 2 aliphatic rings. The Balaban J connectivity index is 1.68. The van der Waals surface area contributed by atoms with Crippen LogP contribution in [0.4, 0.5) is 5.95 Å². The van der Waals surface area contributed by atoms with E-state index < -0.39 is 0 Å². The third-order valence-corrected chi connectivity index (χ3v) is 4.35. The number of nitrogens with one attached hydrogen (secondary N) is 1. The minimum absolute atomic E-state index is 0.236. The van der Waals surface area contributed by atoms with E-state index in [2.05, 4.69) is 20.4 Å². The van der Waals surface area contributed by atoms with E-state index in [-0.39, 0.29) is 6.04 Å². The average Bonchev–Trinajstić information content (AvgIpc) is 2.90. The highest BCUT2D eigenvalue weighted by Gasteiger charge is 2.23. The van der Waals surface area contributed by atoms with Gasteiger partial charge in [0.15, 0.2) is 0 Å². The fraction of sp³-hybridized carbons (Fsp3) is 0.818. The summed E-state index contributed by atoms with van der Waals surface area (Å²) in [5.41, 5.74) is 0. The molecule has 0 aliphatic carbocycles. The molecule has 5 nitrogen and oxygen atoms in total. The van der Waals surface area contributed by atoms with Crippen LogP contribution in [0.3, 0.4) is 0 Å². The number of rotatable bonds is 2. The summed E-state index contributed by atoms with van der Waals surface area (Å²) in [6, 6.07) is 0.236. The molecule has 0 radical (unpaired) electrons.